The van der Waals surface area contributed by atoms with E-state index in [0.29, 0.717) is 19.0 Å². The number of benzene rings is 1. The highest BCUT2D eigenvalue weighted by atomic mass is 16.1. The second-order valence-electron chi connectivity index (χ2n) is 4.78. The van der Waals surface area contributed by atoms with Crippen molar-refractivity contribution in [1.29, 1.82) is 0 Å². The zero-order valence-electron chi connectivity index (χ0n) is 11.6. The SMILES string of the molecule is CCN[C@H](C)CNC(=O)CC(C)c1ccccc1. The molecular formula is C15H24N2O. The van der Waals surface area contributed by atoms with E-state index >= 15 is 0 Å². The first-order chi connectivity index (χ1) is 8.63. The molecule has 1 aromatic carbocycles. The van der Waals surface area contributed by atoms with E-state index in [9.17, 15) is 4.79 Å². The number of carbonyl (C=O) groups excluding carboxylic acids is 1. The molecule has 0 heterocycles. The van der Waals surface area contributed by atoms with Crippen LogP contribution < -0.4 is 10.6 Å². The van der Waals surface area contributed by atoms with Gasteiger partial charge in [-0.05, 0) is 24.9 Å². The minimum Gasteiger partial charge on any atom is -0.355 e. The van der Waals surface area contributed by atoms with Crippen molar-refractivity contribution in [3.8, 4) is 0 Å². The normalized spacial score (nSPS) is 13.9. The number of hydrogen-bond donors (Lipinski definition) is 2. The third kappa shape index (κ3) is 5.32. The van der Waals surface area contributed by atoms with Crippen LogP contribution >= 0.6 is 0 Å². The van der Waals surface area contributed by atoms with Gasteiger partial charge in [0.05, 0.1) is 0 Å². The highest BCUT2D eigenvalue weighted by Gasteiger charge is 2.11. The second-order valence-corrected chi connectivity index (χ2v) is 4.78. The van der Waals surface area contributed by atoms with Crippen LogP contribution in [0.3, 0.4) is 0 Å². The molecule has 0 spiro atoms. The lowest BCUT2D eigenvalue weighted by molar-refractivity contribution is -0.121. The summed E-state index contributed by atoms with van der Waals surface area (Å²) in [6.45, 7) is 7.84. The first kappa shape index (κ1) is 14.7. The zero-order valence-corrected chi connectivity index (χ0v) is 11.6. The molecule has 0 fully saturated rings. The summed E-state index contributed by atoms with van der Waals surface area (Å²) in [5.74, 6) is 0.386. The molecule has 3 heteroatoms. The van der Waals surface area contributed by atoms with Crippen LogP contribution in [0.25, 0.3) is 0 Å². The van der Waals surface area contributed by atoms with E-state index in [1.54, 1.807) is 0 Å². The molecule has 0 aliphatic rings. The van der Waals surface area contributed by atoms with E-state index in [1.807, 2.05) is 18.2 Å². The van der Waals surface area contributed by atoms with Crippen molar-refractivity contribution < 1.29 is 4.79 Å². The van der Waals surface area contributed by atoms with Crippen molar-refractivity contribution in [2.75, 3.05) is 13.1 Å². The van der Waals surface area contributed by atoms with Crippen molar-refractivity contribution >= 4 is 5.91 Å². The molecule has 2 atom stereocenters. The summed E-state index contributed by atoms with van der Waals surface area (Å²) in [6.07, 6.45) is 0.545. The van der Waals surface area contributed by atoms with Crippen LogP contribution in [0.4, 0.5) is 0 Å². The summed E-state index contributed by atoms with van der Waals surface area (Å²) in [4.78, 5) is 11.8. The Balaban J connectivity index is 2.32. The van der Waals surface area contributed by atoms with Crippen LogP contribution in [0.5, 0.6) is 0 Å². The summed E-state index contributed by atoms with van der Waals surface area (Å²) >= 11 is 0. The molecule has 0 aromatic heterocycles. The predicted molar refractivity (Wildman–Crippen MR) is 75.6 cm³/mol. The van der Waals surface area contributed by atoms with Gasteiger partial charge in [-0.25, -0.2) is 0 Å². The van der Waals surface area contributed by atoms with Crippen molar-refractivity contribution in [2.24, 2.45) is 0 Å². The summed E-state index contributed by atoms with van der Waals surface area (Å²) in [7, 11) is 0. The lowest BCUT2D eigenvalue weighted by Crippen LogP contribution is -2.39. The smallest absolute Gasteiger partial charge is 0.220 e. The van der Waals surface area contributed by atoms with Gasteiger partial charge < -0.3 is 10.6 Å². The van der Waals surface area contributed by atoms with Gasteiger partial charge in [0.2, 0.25) is 5.91 Å². The number of likely N-dealkylation sites (N-methyl/N-ethyl adjacent to an activating group) is 1. The molecule has 1 rings (SSSR count). The number of carbonyl (C=O) groups is 1. The average molecular weight is 248 g/mol. The van der Waals surface area contributed by atoms with Gasteiger partial charge in [-0.1, -0.05) is 44.2 Å². The third-order valence-corrected chi connectivity index (χ3v) is 3.02. The van der Waals surface area contributed by atoms with Crippen molar-refractivity contribution in [1.82, 2.24) is 10.6 Å². The third-order valence-electron chi connectivity index (χ3n) is 3.02. The van der Waals surface area contributed by atoms with Gasteiger partial charge in [0.25, 0.3) is 0 Å². The van der Waals surface area contributed by atoms with Crippen LogP contribution in [0, 0.1) is 0 Å². The van der Waals surface area contributed by atoms with E-state index < -0.39 is 0 Å². The van der Waals surface area contributed by atoms with Crippen molar-refractivity contribution in [3.63, 3.8) is 0 Å². The minimum absolute atomic E-state index is 0.121. The molecule has 2 N–H and O–H groups in total. The van der Waals surface area contributed by atoms with E-state index in [0.717, 1.165) is 6.54 Å². The van der Waals surface area contributed by atoms with Gasteiger partial charge >= 0.3 is 0 Å². The summed E-state index contributed by atoms with van der Waals surface area (Å²) in [5.41, 5.74) is 1.22. The molecule has 1 aromatic rings. The molecule has 0 radical (unpaired) electrons. The van der Waals surface area contributed by atoms with E-state index in [2.05, 4.69) is 43.5 Å². The monoisotopic (exact) mass is 248 g/mol. The lowest BCUT2D eigenvalue weighted by Gasteiger charge is -2.15. The molecular weight excluding hydrogens is 224 g/mol. The highest BCUT2D eigenvalue weighted by Crippen LogP contribution is 2.17. The Morgan fingerprint density at radius 3 is 2.50 bits per heavy atom. The number of rotatable bonds is 7. The lowest BCUT2D eigenvalue weighted by atomic mass is 9.97. The van der Waals surface area contributed by atoms with Crippen LogP contribution in [0.2, 0.25) is 0 Å². The summed E-state index contributed by atoms with van der Waals surface area (Å²) in [5, 5.41) is 6.24. The van der Waals surface area contributed by atoms with Gasteiger partial charge in [0.1, 0.15) is 0 Å². The Morgan fingerprint density at radius 1 is 1.22 bits per heavy atom. The molecule has 1 unspecified atom stereocenters. The molecule has 0 saturated carbocycles. The molecule has 0 bridgehead atoms. The minimum atomic E-state index is 0.121. The first-order valence-electron chi connectivity index (χ1n) is 6.68. The quantitative estimate of drug-likeness (QED) is 0.777. The van der Waals surface area contributed by atoms with Crippen LogP contribution in [-0.4, -0.2) is 25.0 Å². The van der Waals surface area contributed by atoms with Crippen LogP contribution in [0.15, 0.2) is 30.3 Å². The zero-order chi connectivity index (χ0) is 13.4. The topological polar surface area (TPSA) is 41.1 Å². The maximum Gasteiger partial charge on any atom is 0.220 e. The fraction of sp³-hybridized carbons (Fsp3) is 0.533. The van der Waals surface area contributed by atoms with Gasteiger partial charge in [-0.15, -0.1) is 0 Å². The average Bonchev–Trinajstić information content (AvgIpc) is 2.38. The number of hydrogen-bond acceptors (Lipinski definition) is 2. The highest BCUT2D eigenvalue weighted by molar-refractivity contribution is 5.76. The summed E-state index contributed by atoms with van der Waals surface area (Å²) < 4.78 is 0. The Labute approximate surface area is 110 Å². The van der Waals surface area contributed by atoms with Crippen LogP contribution in [-0.2, 0) is 4.79 Å². The van der Waals surface area contributed by atoms with E-state index in [-0.39, 0.29) is 11.8 Å². The van der Waals surface area contributed by atoms with Crippen LogP contribution in [0.1, 0.15) is 38.7 Å². The van der Waals surface area contributed by atoms with E-state index in [1.165, 1.54) is 5.56 Å². The number of amides is 1. The van der Waals surface area contributed by atoms with Crippen molar-refractivity contribution in [2.45, 2.75) is 39.2 Å². The van der Waals surface area contributed by atoms with Gasteiger partial charge in [-0.2, -0.15) is 0 Å². The largest absolute Gasteiger partial charge is 0.355 e. The first-order valence-corrected chi connectivity index (χ1v) is 6.68. The van der Waals surface area contributed by atoms with Crippen molar-refractivity contribution in [3.05, 3.63) is 35.9 Å². The molecule has 0 aliphatic carbocycles. The van der Waals surface area contributed by atoms with Gasteiger partial charge in [0.15, 0.2) is 0 Å². The second kappa shape index (κ2) is 7.88. The standard InChI is InChI=1S/C15H24N2O/c1-4-16-13(3)11-17-15(18)10-12(2)14-8-6-5-7-9-14/h5-9,12-13,16H,4,10-11H2,1-3H3,(H,17,18)/t12?,13-/m1/s1. The predicted octanol–water partition coefficient (Wildman–Crippen LogP) is 2.29. The molecule has 0 saturated heterocycles. The number of nitrogens with one attached hydrogen (secondary N) is 2. The fourth-order valence-electron chi connectivity index (χ4n) is 1.94. The van der Waals surface area contributed by atoms with E-state index in [4.69, 9.17) is 0 Å². The fourth-order valence-corrected chi connectivity index (χ4v) is 1.94. The Kier molecular flexibility index (Phi) is 6.44. The van der Waals surface area contributed by atoms with Gasteiger partial charge in [0, 0.05) is 19.0 Å². The molecule has 18 heavy (non-hydrogen) atoms. The molecule has 1 amide bonds. The molecule has 0 aliphatic heterocycles. The summed E-state index contributed by atoms with van der Waals surface area (Å²) in [6, 6.07) is 10.5. The maximum atomic E-state index is 11.8. The molecule has 100 valence electrons. The Hall–Kier alpha value is -1.35. The Bertz CT molecular complexity index is 351. The molecule has 3 nitrogen and oxygen atoms in total. The Morgan fingerprint density at radius 2 is 1.89 bits per heavy atom. The van der Waals surface area contributed by atoms with Gasteiger partial charge in [-0.3, -0.25) is 4.79 Å². The maximum absolute atomic E-state index is 11.8.